The minimum absolute atomic E-state index is 0.308. The second-order valence-electron chi connectivity index (χ2n) is 3.79. The zero-order valence-electron chi connectivity index (χ0n) is 8.45. The van der Waals surface area contributed by atoms with E-state index in [4.69, 9.17) is 10.5 Å². The highest BCUT2D eigenvalue weighted by Gasteiger charge is 2.19. The number of hydrogen-bond donors (Lipinski definition) is 1. The van der Waals surface area contributed by atoms with Crippen molar-refractivity contribution in [3.8, 4) is 0 Å². The molecule has 0 aliphatic carbocycles. The number of nitrogens with two attached hydrogens (primary N) is 1. The molecule has 0 fully saturated rings. The number of nitrogens with zero attached hydrogens (tertiary/aromatic N) is 2. The summed E-state index contributed by atoms with van der Waals surface area (Å²) in [7, 11) is 3.56. The zero-order chi connectivity index (χ0) is 9.90. The van der Waals surface area contributed by atoms with Crippen molar-refractivity contribution in [1.82, 2.24) is 9.78 Å². The molecule has 0 saturated heterocycles. The van der Waals surface area contributed by atoms with E-state index < -0.39 is 0 Å². The van der Waals surface area contributed by atoms with E-state index in [0.29, 0.717) is 6.61 Å². The van der Waals surface area contributed by atoms with Crippen LogP contribution in [0.25, 0.3) is 0 Å². The van der Waals surface area contributed by atoms with E-state index in [0.717, 1.165) is 12.0 Å². The molecule has 1 aromatic rings. The summed E-state index contributed by atoms with van der Waals surface area (Å²) in [5.74, 6) is 0. The molecule has 0 spiro atoms. The van der Waals surface area contributed by atoms with Crippen LogP contribution in [0.4, 0.5) is 0 Å². The molecule has 0 aliphatic rings. The SMILES string of the molecule is COCC(C)(N)Cc1cnn(C)c1. The van der Waals surface area contributed by atoms with E-state index in [1.165, 1.54) is 0 Å². The molecular formula is C9H17N3O. The molecule has 0 saturated carbocycles. The molecule has 4 heteroatoms. The molecule has 1 unspecified atom stereocenters. The average Bonchev–Trinajstić information content (AvgIpc) is 2.34. The maximum Gasteiger partial charge on any atom is 0.0642 e. The second-order valence-corrected chi connectivity index (χ2v) is 3.79. The first-order valence-corrected chi connectivity index (χ1v) is 4.29. The van der Waals surface area contributed by atoms with Crippen molar-refractivity contribution in [3.05, 3.63) is 18.0 Å². The van der Waals surface area contributed by atoms with Crippen LogP contribution in [0.2, 0.25) is 0 Å². The van der Waals surface area contributed by atoms with Gasteiger partial charge in [0.05, 0.1) is 12.8 Å². The number of aromatic nitrogens is 2. The van der Waals surface area contributed by atoms with Gasteiger partial charge in [0, 0.05) is 25.9 Å². The predicted octanol–water partition coefficient (Wildman–Crippen LogP) is 0.326. The van der Waals surface area contributed by atoms with Gasteiger partial charge in [0.15, 0.2) is 0 Å². The van der Waals surface area contributed by atoms with Crippen LogP contribution in [0.15, 0.2) is 12.4 Å². The van der Waals surface area contributed by atoms with Crippen molar-refractivity contribution in [3.63, 3.8) is 0 Å². The van der Waals surface area contributed by atoms with E-state index in [1.54, 1.807) is 11.8 Å². The molecule has 0 radical (unpaired) electrons. The van der Waals surface area contributed by atoms with Crippen molar-refractivity contribution in [2.24, 2.45) is 12.8 Å². The van der Waals surface area contributed by atoms with E-state index in [2.05, 4.69) is 5.10 Å². The molecule has 13 heavy (non-hydrogen) atoms. The van der Waals surface area contributed by atoms with Crippen LogP contribution in [0, 0.1) is 0 Å². The van der Waals surface area contributed by atoms with Gasteiger partial charge >= 0.3 is 0 Å². The van der Waals surface area contributed by atoms with Crippen molar-refractivity contribution in [1.29, 1.82) is 0 Å². The average molecular weight is 183 g/mol. The second kappa shape index (κ2) is 3.89. The lowest BCUT2D eigenvalue weighted by Crippen LogP contribution is -2.43. The molecule has 0 bridgehead atoms. The lowest BCUT2D eigenvalue weighted by atomic mass is 9.97. The highest BCUT2D eigenvalue weighted by atomic mass is 16.5. The summed E-state index contributed by atoms with van der Waals surface area (Å²) in [6.07, 6.45) is 4.59. The van der Waals surface area contributed by atoms with Crippen LogP contribution >= 0.6 is 0 Å². The van der Waals surface area contributed by atoms with Crippen molar-refractivity contribution in [2.45, 2.75) is 18.9 Å². The van der Waals surface area contributed by atoms with Gasteiger partial charge in [-0.1, -0.05) is 0 Å². The van der Waals surface area contributed by atoms with Gasteiger partial charge in [0.1, 0.15) is 0 Å². The number of hydrogen-bond acceptors (Lipinski definition) is 3. The van der Waals surface area contributed by atoms with Crippen molar-refractivity contribution >= 4 is 0 Å². The molecule has 2 N–H and O–H groups in total. The summed E-state index contributed by atoms with van der Waals surface area (Å²) in [6, 6.07) is 0. The van der Waals surface area contributed by atoms with Crippen molar-refractivity contribution < 1.29 is 4.74 Å². The van der Waals surface area contributed by atoms with Gasteiger partial charge in [0.2, 0.25) is 0 Å². The topological polar surface area (TPSA) is 53.1 Å². The molecule has 4 nitrogen and oxygen atoms in total. The first-order valence-electron chi connectivity index (χ1n) is 4.29. The Hall–Kier alpha value is -0.870. The maximum absolute atomic E-state index is 6.01. The molecule has 1 aromatic heterocycles. The largest absolute Gasteiger partial charge is 0.383 e. The number of methoxy groups -OCH3 is 1. The summed E-state index contributed by atoms with van der Waals surface area (Å²) < 4.78 is 6.81. The van der Waals surface area contributed by atoms with E-state index >= 15 is 0 Å². The monoisotopic (exact) mass is 183 g/mol. The van der Waals surface area contributed by atoms with Gasteiger partial charge in [-0.15, -0.1) is 0 Å². The van der Waals surface area contributed by atoms with Gasteiger partial charge in [0.25, 0.3) is 0 Å². The number of rotatable bonds is 4. The Kier molecular flexibility index (Phi) is 3.06. The third kappa shape index (κ3) is 3.16. The maximum atomic E-state index is 6.01. The van der Waals surface area contributed by atoms with Gasteiger partial charge < -0.3 is 10.5 Å². The third-order valence-corrected chi connectivity index (χ3v) is 1.84. The highest BCUT2D eigenvalue weighted by molar-refractivity contribution is 5.08. The van der Waals surface area contributed by atoms with Gasteiger partial charge in [-0.2, -0.15) is 5.10 Å². The molecular weight excluding hydrogens is 166 g/mol. The van der Waals surface area contributed by atoms with Crippen LogP contribution in [0.5, 0.6) is 0 Å². The quantitative estimate of drug-likeness (QED) is 0.731. The van der Waals surface area contributed by atoms with Crippen LogP contribution < -0.4 is 5.73 Å². The fourth-order valence-corrected chi connectivity index (χ4v) is 1.41. The lowest BCUT2D eigenvalue weighted by Gasteiger charge is -2.22. The summed E-state index contributed by atoms with van der Waals surface area (Å²) in [5, 5.41) is 4.08. The van der Waals surface area contributed by atoms with Crippen LogP contribution in [-0.2, 0) is 18.2 Å². The lowest BCUT2D eigenvalue weighted by molar-refractivity contribution is 0.141. The molecule has 74 valence electrons. The molecule has 1 heterocycles. The standard InChI is InChI=1S/C9H17N3O/c1-9(10,7-13-3)4-8-5-11-12(2)6-8/h5-6H,4,7,10H2,1-3H3. The Morgan fingerprint density at radius 1 is 1.69 bits per heavy atom. The summed E-state index contributed by atoms with van der Waals surface area (Å²) in [6.45, 7) is 2.53. The van der Waals surface area contributed by atoms with Crippen LogP contribution in [0.1, 0.15) is 12.5 Å². The Balaban J connectivity index is 2.57. The highest BCUT2D eigenvalue weighted by Crippen LogP contribution is 2.09. The van der Waals surface area contributed by atoms with Crippen molar-refractivity contribution in [2.75, 3.05) is 13.7 Å². The van der Waals surface area contributed by atoms with E-state index in [-0.39, 0.29) is 5.54 Å². The van der Waals surface area contributed by atoms with E-state index in [1.807, 2.05) is 26.4 Å². The molecule has 1 atom stereocenters. The van der Waals surface area contributed by atoms with Crippen LogP contribution in [0.3, 0.4) is 0 Å². The smallest absolute Gasteiger partial charge is 0.0642 e. The molecule has 0 amide bonds. The molecule has 0 aliphatic heterocycles. The van der Waals surface area contributed by atoms with Crippen LogP contribution in [-0.4, -0.2) is 29.0 Å². The first kappa shape index (κ1) is 10.2. The minimum atomic E-state index is -0.308. The fourth-order valence-electron chi connectivity index (χ4n) is 1.41. The molecule has 0 aromatic carbocycles. The fraction of sp³-hybridized carbons (Fsp3) is 0.667. The normalized spacial score (nSPS) is 15.7. The van der Waals surface area contributed by atoms with Gasteiger partial charge in [-0.3, -0.25) is 4.68 Å². The summed E-state index contributed by atoms with van der Waals surface area (Å²) in [5.41, 5.74) is 6.84. The Morgan fingerprint density at radius 2 is 2.38 bits per heavy atom. The molecule has 1 rings (SSSR count). The summed E-state index contributed by atoms with van der Waals surface area (Å²) in [4.78, 5) is 0. The van der Waals surface area contributed by atoms with Gasteiger partial charge in [-0.25, -0.2) is 0 Å². The third-order valence-electron chi connectivity index (χ3n) is 1.84. The number of ether oxygens (including phenoxy) is 1. The summed E-state index contributed by atoms with van der Waals surface area (Å²) >= 11 is 0. The predicted molar refractivity (Wildman–Crippen MR) is 51.4 cm³/mol. The Labute approximate surface area is 78.7 Å². The Bertz CT molecular complexity index is 268. The van der Waals surface area contributed by atoms with Gasteiger partial charge in [-0.05, 0) is 18.9 Å². The number of aryl methyl sites for hydroxylation is 1. The van der Waals surface area contributed by atoms with E-state index in [9.17, 15) is 0 Å². The Morgan fingerprint density at radius 3 is 2.85 bits per heavy atom. The minimum Gasteiger partial charge on any atom is -0.383 e. The first-order chi connectivity index (χ1) is 6.03. The zero-order valence-corrected chi connectivity index (χ0v) is 8.45.